The monoisotopic (exact) mass is 593 g/mol. The summed E-state index contributed by atoms with van der Waals surface area (Å²) in [5.41, 5.74) is 3.71. The van der Waals surface area contributed by atoms with Gasteiger partial charge in [-0.25, -0.2) is 19.3 Å². The first-order valence-electron chi connectivity index (χ1n) is 13.7. The van der Waals surface area contributed by atoms with Crippen molar-refractivity contribution in [2.24, 2.45) is 0 Å². The van der Waals surface area contributed by atoms with Crippen LogP contribution in [-0.2, 0) is 31.8 Å². The van der Waals surface area contributed by atoms with Crippen molar-refractivity contribution in [1.29, 1.82) is 0 Å². The van der Waals surface area contributed by atoms with Crippen molar-refractivity contribution in [3.63, 3.8) is 0 Å². The minimum Gasteiger partial charge on any atom is -0.431 e. The van der Waals surface area contributed by atoms with Gasteiger partial charge in [0.15, 0.2) is 17.4 Å². The summed E-state index contributed by atoms with van der Waals surface area (Å²) in [7, 11) is 1.88. The Bertz CT molecular complexity index is 1800. The zero-order valence-electron chi connectivity index (χ0n) is 23.8. The minimum atomic E-state index is -3.22. The van der Waals surface area contributed by atoms with Crippen LogP contribution in [0.1, 0.15) is 36.6 Å². The number of aliphatic hydroxyl groups is 2. The van der Waals surface area contributed by atoms with Gasteiger partial charge in [-0.05, 0) is 55.8 Å². The first-order chi connectivity index (χ1) is 20.5. The Morgan fingerprint density at radius 3 is 2.47 bits per heavy atom. The summed E-state index contributed by atoms with van der Waals surface area (Å²) in [5, 5.41) is 23.8. The summed E-state index contributed by atoms with van der Waals surface area (Å²) in [5.74, 6) is -0.453. The molecule has 0 amide bonds. The van der Waals surface area contributed by atoms with Crippen molar-refractivity contribution in [3.05, 3.63) is 77.6 Å². The number of ether oxygens (including phenoxy) is 1. The third-order valence-electron chi connectivity index (χ3n) is 7.45. The fraction of sp³-hybridized carbons (Fsp3) is 0.333. The molecular weight excluding hydrogens is 563 g/mol. The number of rotatable bonds is 7. The standard InChI is InChI=1S/C30H30F3N7O3/c1-30(2,42)28-34-10-18(11-35-28)17-4-5-24-25(8-17)40-15-22-21(14-38(3)16-26(40)37-24)20(9-23(31)27(22)43-29(32)33)19-12-36-39(13-19)6-7-41/h4-5,8-13,29,41-42H,6-7,14-16H2,1-3H3. The summed E-state index contributed by atoms with van der Waals surface area (Å²) in [4.78, 5) is 15.4. The molecule has 1 aliphatic rings. The highest BCUT2D eigenvalue weighted by molar-refractivity contribution is 5.83. The molecule has 5 aromatic rings. The molecule has 6 rings (SSSR count). The summed E-state index contributed by atoms with van der Waals surface area (Å²) >= 11 is 0. The number of aliphatic hydroxyl groups excluding tert-OH is 1. The topological polar surface area (TPSA) is 114 Å². The third kappa shape index (κ3) is 5.58. The van der Waals surface area contributed by atoms with Gasteiger partial charge >= 0.3 is 6.61 Å². The number of halogens is 3. The molecule has 13 heteroatoms. The van der Waals surface area contributed by atoms with Crippen molar-refractivity contribution in [2.45, 2.75) is 52.2 Å². The van der Waals surface area contributed by atoms with E-state index in [9.17, 15) is 19.0 Å². The van der Waals surface area contributed by atoms with E-state index in [0.717, 1.165) is 5.56 Å². The minimum absolute atomic E-state index is 0.0319. The molecule has 0 spiro atoms. The number of benzene rings is 2. The third-order valence-corrected chi connectivity index (χ3v) is 7.45. The maximum Gasteiger partial charge on any atom is 0.387 e. The Morgan fingerprint density at radius 2 is 1.77 bits per heavy atom. The quantitative estimate of drug-likeness (QED) is 0.287. The van der Waals surface area contributed by atoms with Crippen LogP contribution in [0, 0.1) is 5.82 Å². The molecule has 10 nitrogen and oxygen atoms in total. The van der Waals surface area contributed by atoms with Crippen molar-refractivity contribution in [1.82, 2.24) is 34.2 Å². The number of hydrogen-bond acceptors (Lipinski definition) is 8. The molecule has 0 aliphatic carbocycles. The first kappa shape index (κ1) is 28.8. The van der Waals surface area contributed by atoms with Gasteiger partial charge in [0.1, 0.15) is 11.4 Å². The molecule has 2 aromatic carbocycles. The number of aromatic nitrogens is 6. The number of hydrogen-bond donors (Lipinski definition) is 2. The number of imidazole rings is 1. The molecule has 0 saturated heterocycles. The fourth-order valence-corrected chi connectivity index (χ4v) is 5.44. The maximum absolute atomic E-state index is 15.6. The highest BCUT2D eigenvalue weighted by Crippen LogP contribution is 2.39. The predicted octanol–water partition coefficient (Wildman–Crippen LogP) is 4.31. The molecule has 0 saturated carbocycles. The van der Waals surface area contributed by atoms with Crippen LogP contribution in [0.4, 0.5) is 13.2 Å². The number of alkyl halides is 2. The van der Waals surface area contributed by atoms with E-state index in [-0.39, 0.29) is 31.1 Å². The summed E-state index contributed by atoms with van der Waals surface area (Å²) < 4.78 is 51.0. The van der Waals surface area contributed by atoms with Crippen LogP contribution < -0.4 is 4.74 Å². The number of nitrogens with zero attached hydrogens (tertiary/aromatic N) is 7. The van der Waals surface area contributed by atoms with E-state index >= 15 is 4.39 Å². The van der Waals surface area contributed by atoms with E-state index in [2.05, 4.69) is 15.1 Å². The van der Waals surface area contributed by atoms with Crippen LogP contribution in [0.2, 0.25) is 0 Å². The van der Waals surface area contributed by atoms with E-state index < -0.39 is 23.8 Å². The lowest BCUT2D eigenvalue weighted by Gasteiger charge is -2.27. The van der Waals surface area contributed by atoms with Crippen molar-refractivity contribution >= 4 is 11.0 Å². The van der Waals surface area contributed by atoms with Gasteiger partial charge in [-0.3, -0.25) is 9.58 Å². The van der Waals surface area contributed by atoms with Crippen LogP contribution in [0.5, 0.6) is 5.75 Å². The maximum atomic E-state index is 15.6. The first-order valence-corrected chi connectivity index (χ1v) is 13.7. The van der Waals surface area contributed by atoms with Crippen molar-refractivity contribution < 1.29 is 28.1 Å². The van der Waals surface area contributed by atoms with Crippen LogP contribution in [0.25, 0.3) is 33.3 Å². The molecule has 1 aliphatic heterocycles. The van der Waals surface area contributed by atoms with Gasteiger partial charge in [0, 0.05) is 41.8 Å². The molecule has 0 bridgehead atoms. The SMILES string of the molecule is CN1Cc2c(-c3cnn(CCO)c3)cc(F)c(OC(F)F)c2Cn2c(nc3ccc(-c4cnc(C(C)(C)O)nc4)cc32)C1. The molecule has 2 N–H and O–H groups in total. The van der Waals surface area contributed by atoms with E-state index in [4.69, 9.17) is 9.72 Å². The lowest BCUT2D eigenvalue weighted by atomic mass is 9.94. The molecular formula is C30H30F3N7O3. The Kier molecular flexibility index (Phi) is 7.40. The smallest absolute Gasteiger partial charge is 0.387 e. The van der Waals surface area contributed by atoms with Gasteiger partial charge < -0.3 is 19.5 Å². The Hall–Kier alpha value is -4.33. The van der Waals surface area contributed by atoms with Crippen molar-refractivity contribution in [3.8, 4) is 28.0 Å². The molecule has 0 radical (unpaired) electrons. The molecule has 224 valence electrons. The summed E-state index contributed by atoms with van der Waals surface area (Å²) in [6.45, 7) is 0.916. The molecule has 0 atom stereocenters. The largest absolute Gasteiger partial charge is 0.431 e. The lowest BCUT2D eigenvalue weighted by molar-refractivity contribution is -0.0529. The zero-order valence-corrected chi connectivity index (χ0v) is 23.8. The number of fused-ring (bicyclic) bond motifs is 4. The van der Waals surface area contributed by atoms with Gasteiger partial charge in [-0.2, -0.15) is 13.9 Å². The van der Waals surface area contributed by atoms with Crippen LogP contribution >= 0.6 is 0 Å². The zero-order chi connectivity index (χ0) is 30.5. The van der Waals surface area contributed by atoms with Crippen LogP contribution in [0.15, 0.2) is 49.1 Å². The second-order valence-electron chi connectivity index (χ2n) is 11.1. The second kappa shape index (κ2) is 11.1. The molecule has 0 fully saturated rings. The van der Waals surface area contributed by atoms with Gasteiger partial charge in [0.05, 0.1) is 43.5 Å². The van der Waals surface area contributed by atoms with Gasteiger partial charge in [0.2, 0.25) is 0 Å². The Labute approximate surface area is 245 Å². The predicted molar refractivity (Wildman–Crippen MR) is 152 cm³/mol. The average molecular weight is 594 g/mol. The fourth-order valence-electron chi connectivity index (χ4n) is 5.44. The Balaban J connectivity index is 1.51. The van der Waals surface area contributed by atoms with Crippen molar-refractivity contribution in [2.75, 3.05) is 13.7 Å². The van der Waals surface area contributed by atoms with E-state index in [0.29, 0.717) is 52.2 Å². The van der Waals surface area contributed by atoms with E-state index in [1.807, 2.05) is 34.7 Å². The summed E-state index contributed by atoms with van der Waals surface area (Å²) in [6.07, 6.45) is 6.50. The molecule has 4 heterocycles. The average Bonchev–Trinajstić information content (AvgIpc) is 3.54. The Morgan fingerprint density at radius 1 is 1.00 bits per heavy atom. The molecule has 43 heavy (non-hydrogen) atoms. The normalized spacial score (nSPS) is 14.1. The summed E-state index contributed by atoms with van der Waals surface area (Å²) in [6, 6.07) is 6.85. The van der Waals surface area contributed by atoms with Gasteiger partial charge in [-0.15, -0.1) is 0 Å². The van der Waals surface area contributed by atoms with Gasteiger partial charge in [0.25, 0.3) is 0 Å². The van der Waals surface area contributed by atoms with Crippen LogP contribution in [-0.4, -0.2) is 64.7 Å². The van der Waals surface area contributed by atoms with Gasteiger partial charge in [-0.1, -0.05) is 6.07 Å². The second-order valence-corrected chi connectivity index (χ2v) is 11.1. The lowest BCUT2D eigenvalue weighted by Crippen LogP contribution is -2.26. The van der Waals surface area contributed by atoms with E-state index in [1.165, 1.54) is 10.7 Å². The van der Waals surface area contributed by atoms with Crippen LogP contribution in [0.3, 0.4) is 0 Å². The molecule has 3 aromatic heterocycles. The highest BCUT2D eigenvalue weighted by Gasteiger charge is 2.28. The molecule has 0 unspecified atom stereocenters. The van der Waals surface area contributed by atoms with E-state index in [1.54, 1.807) is 38.6 Å². The highest BCUT2D eigenvalue weighted by atomic mass is 19.3.